The Bertz CT molecular complexity index is 778. The number of allylic oxidation sites excluding steroid dienone is 4. The molecule has 4 atom stereocenters. The van der Waals surface area contributed by atoms with Gasteiger partial charge in [-0.15, -0.1) is 0 Å². The largest absolute Gasteiger partial charge is 0.497 e. The van der Waals surface area contributed by atoms with E-state index in [4.69, 9.17) is 4.74 Å². The van der Waals surface area contributed by atoms with Crippen LogP contribution in [0.15, 0.2) is 47.6 Å². The summed E-state index contributed by atoms with van der Waals surface area (Å²) in [4.78, 5) is 27.6. The number of benzene rings is 1. The summed E-state index contributed by atoms with van der Waals surface area (Å²) < 4.78 is 5.17. The Labute approximate surface area is 147 Å². The normalized spacial score (nSPS) is 32.9. The second-order valence-corrected chi connectivity index (χ2v) is 7.46. The van der Waals surface area contributed by atoms with Gasteiger partial charge in [-0.2, -0.15) is 0 Å². The molecule has 5 rings (SSSR count). The molecule has 4 nitrogen and oxygen atoms in total. The second-order valence-electron chi connectivity index (χ2n) is 7.46. The number of amides is 2. The molecule has 1 heterocycles. The third-order valence-electron chi connectivity index (χ3n) is 6.36. The van der Waals surface area contributed by atoms with Crippen molar-refractivity contribution in [3.05, 3.63) is 47.6 Å². The van der Waals surface area contributed by atoms with Gasteiger partial charge in [-0.1, -0.05) is 23.3 Å². The fourth-order valence-electron chi connectivity index (χ4n) is 5.31. The summed E-state index contributed by atoms with van der Waals surface area (Å²) in [6.45, 7) is 0. The van der Waals surface area contributed by atoms with E-state index in [2.05, 4.69) is 12.2 Å². The highest BCUT2D eigenvalue weighted by Gasteiger charge is 2.62. The molecule has 3 fully saturated rings. The fourth-order valence-corrected chi connectivity index (χ4v) is 5.31. The van der Waals surface area contributed by atoms with Crippen molar-refractivity contribution in [2.45, 2.75) is 25.7 Å². The van der Waals surface area contributed by atoms with E-state index in [1.807, 2.05) is 0 Å². The van der Waals surface area contributed by atoms with Crippen molar-refractivity contribution >= 4 is 17.5 Å². The first kappa shape index (κ1) is 14.9. The van der Waals surface area contributed by atoms with Crippen molar-refractivity contribution in [3.63, 3.8) is 0 Å². The molecule has 0 aromatic heterocycles. The predicted molar refractivity (Wildman–Crippen MR) is 94.1 cm³/mol. The number of hydrogen-bond acceptors (Lipinski definition) is 3. The summed E-state index contributed by atoms with van der Waals surface area (Å²) in [6, 6.07) is 7.17. The Kier molecular flexibility index (Phi) is 3.18. The molecule has 1 aromatic carbocycles. The van der Waals surface area contributed by atoms with Crippen LogP contribution in [-0.4, -0.2) is 18.9 Å². The van der Waals surface area contributed by atoms with E-state index in [1.54, 1.807) is 31.4 Å². The van der Waals surface area contributed by atoms with Crippen molar-refractivity contribution in [2.24, 2.45) is 23.7 Å². The second kappa shape index (κ2) is 5.32. The van der Waals surface area contributed by atoms with Crippen molar-refractivity contribution in [1.82, 2.24) is 0 Å². The number of rotatable bonds is 2. The molecule has 1 saturated heterocycles. The first-order valence-corrected chi connectivity index (χ1v) is 9.12. The van der Waals surface area contributed by atoms with Crippen LogP contribution in [0.4, 0.5) is 5.69 Å². The maximum absolute atomic E-state index is 13.1. The summed E-state index contributed by atoms with van der Waals surface area (Å²) in [7, 11) is 1.60. The highest BCUT2D eigenvalue weighted by Crippen LogP contribution is 2.58. The minimum atomic E-state index is -0.201. The van der Waals surface area contributed by atoms with Gasteiger partial charge in [0, 0.05) is 11.8 Å². The molecule has 0 N–H and O–H groups in total. The van der Waals surface area contributed by atoms with Gasteiger partial charge in [0.25, 0.3) is 0 Å². The minimum absolute atomic E-state index is 0.0342. The van der Waals surface area contributed by atoms with Crippen LogP contribution in [0.5, 0.6) is 5.75 Å². The van der Waals surface area contributed by atoms with Crippen LogP contribution in [-0.2, 0) is 9.59 Å². The Morgan fingerprint density at radius 1 is 0.920 bits per heavy atom. The predicted octanol–water partition coefficient (Wildman–Crippen LogP) is 3.49. The molecule has 1 aliphatic heterocycles. The molecule has 4 heteroatoms. The molecule has 1 aromatic rings. The number of methoxy groups -OCH3 is 1. The Hall–Kier alpha value is -2.36. The van der Waals surface area contributed by atoms with E-state index in [9.17, 15) is 9.59 Å². The Morgan fingerprint density at radius 2 is 1.48 bits per heavy atom. The lowest BCUT2D eigenvalue weighted by atomic mass is 9.85. The zero-order valence-electron chi connectivity index (χ0n) is 14.3. The van der Waals surface area contributed by atoms with Gasteiger partial charge in [-0.3, -0.25) is 9.59 Å². The zero-order valence-corrected chi connectivity index (χ0v) is 14.3. The molecule has 0 spiro atoms. The van der Waals surface area contributed by atoms with Crippen LogP contribution >= 0.6 is 0 Å². The van der Waals surface area contributed by atoms with E-state index in [1.165, 1.54) is 28.9 Å². The number of imide groups is 1. The van der Waals surface area contributed by atoms with E-state index in [0.717, 1.165) is 18.6 Å². The molecule has 2 bridgehead atoms. The van der Waals surface area contributed by atoms with Crippen LogP contribution in [0.25, 0.3) is 0 Å². The highest BCUT2D eigenvalue weighted by atomic mass is 16.5. The van der Waals surface area contributed by atoms with Gasteiger partial charge in [0.15, 0.2) is 0 Å². The Morgan fingerprint density at radius 3 is 2.00 bits per heavy atom. The molecule has 2 amide bonds. The number of fused-ring (bicyclic) bond motifs is 5. The SMILES string of the molecule is COc1ccc(N2C(=O)[C@H]3[C@H](C2=O)[C@H]2C=C[C@H]3C2=C2CCCC2)cc1. The van der Waals surface area contributed by atoms with Crippen LogP contribution in [0.2, 0.25) is 0 Å². The first-order valence-electron chi connectivity index (χ1n) is 9.12. The van der Waals surface area contributed by atoms with Gasteiger partial charge >= 0.3 is 0 Å². The third kappa shape index (κ3) is 1.94. The summed E-state index contributed by atoms with van der Waals surface area (Å²) in [6.07, 6.45) is 9.13. The lowest BCUT2D eigenvalue weighted by molar-refractivity contribution is -0.122. The topological polar surface area (TPSA) is 46.6 Å². The molecule has 0 radical (unpaired) electrons. The monoisotopic (exact) mass is 335 g/mol. The van der Waals surface area contributed by atoms with Crippen molar-refractivity contribution in [2.75, 3.05) is 12.0 Å². The standard InChI is InChI=1S/C21H21NO3/c1-25-14-8-6-13(7-9-14)22-20(23)18-15-10-11-16(19(18)21(22)24)17(15)12-4-2-3-5-12/h6-11,15-16,18-19H,2-5H2,1H3/t15-,16-,18+,19+/m0/s1. The van der Waals surface area contributed by atoms with Gasteiger partial charge in [0.05, 0.1) is 24.6 Å². The maximum atomic E-state index is 13.1. The van der Waals surface area contributed by atoms with Crippen LogP contribution in [0.1, 0.15) is 25.7 Å². The molecular weight excluding hydrogens is 314 g/mol. The molecule has 2 saturated carbocycles. The number of anilines is 1. The van der Waals surface area contributed by atoms with E-state index in [-0.39, 0.29) is 35.5 Å². The zero-order chi connectivity index (χ0) is 17.1. The van der Waals surface area contributed by atoms with Gasteiger partial charge in [0.1, 0.15) is 5.75 Å². The van der Waals surface area contributed by atoms with Gasteiger partial charge in [-0.05, 0) is 49.9 Å². The average molecular weight is 335 g/mol. The van der Waals surface area contributed by atoms with E-state index < -0.39 is 0 Å². The van der Waals surface area contributed by atoms with Crippen LogP contribution in [0.3, 0.4) is 0 Å². The van der Waals surface area contributed by atoms with E-state index >= 15 is 0 Å². The quantitative estimate of drug-likeness (QED) is 0.614. The lowest BCUT2D eigenvalue weighted by Gasteiger charge is -2.20. The maximum Gasteiger partial charge on any atom is 0.238 e. The number of carbonyl (C=O) groups is 2. The van der Waals surface area contributed by atoms with Crippen molar-refractivity contribution in [3.8, 4) is 5.75 Å². The first-order chi connectivity index (χ1) is 12.2. The third-order valence-corrected chi connectivity index (χ3v) is 6.36. The number of nitrogens with zero attached hydrogens (tertiary/aromatic N) is 1. The van der Waals surface area contributed by atoms with Gasteiger partial charge in [0.2, 0.25) is 11.8 Å². The summed E-state index contributed by atoms with van der Waals surface area (Å²) >= 11 is 0. The fraction of sp³-hybridized carbons (Fsp3) is 0.429. The van der Waals surface area contributed by atoms with E-state index in [0.29, 0.717) is 5.69 Å². The highest BCUT2D eigenvalue weighted by molar-refractivity contribution is 6.23. The molecule has 128 valence electrons. The van der Waals surface area contributed by atoms with Crippen LogP contribution < -0.4 is 9.64 Å². The number of carbonyl (C=O) groups excluding carboxylic acids is 2. The molecule has 0 unspecified atom stereocenters. The summed E-state index contributed by atoms with van der Waals surface area (Å²) in [5.41, 5.74) is 3.58. The van der Waals surface area contributed by atoms with Crippen molar-refractivity contribution < 1.29 is 14.3 Å². The van der Waals surface area contributed by atoms with Crippen LogP contribution in [0, 0.1) is 23.7 Å². The van der Waals surface area contributed by atoms with Crippen molar-refractivity contribution in [1.29, 1.82) is 0 Å². The summed E-state index contributed by atoms with van der Waals surface area (Å²) in [5, 5.41) is 0. The van der Waals surface area contributed by atoms with Gasteiger partial charge in [-0.25, -0.2) is 4.90 Å². The molecule has 25 heavy (non-hydrogen) atoms. The number of hydrogen-bond donors (Lipinski definition) is 0. The average Bonchev–Trinajstić information content (AvgIpc) is 3.38. The molecule has 3 aliphatic carbocycles. The lowest BCUT2D eigenvalue weighted by Crippen LogP contribution is -2.33. The minimum Gasteiger partial charge on any atom is -0.497 e. The summed E-state index contributed by atoms with van der Waals surface area (Å²) in [5.74, 6) is 0.533. The molecular formula is C21H21NO3. The smallest absolute Gasteiger partial charge is 0.238 e. The number of ether oxygens (including phenoxy) is 1. The Balaban J connectivity index is 1.51. The molecule has 4 aliphatic rings. The van der Waals surface area contributed by atoms with Gasteiger partial charge < -0.3 is 4.74 Å².